The number of rotatable bonds is 3. The third kappa shape index (κ3) is 3.68. The lowest BCUT2D eigenvalue weighted by molar-refractivity contribution is 0.107. The molecule has 0 amide bonds. The van der Waals surface area contributed by atoms with Crippen LogP contribution in [0.1, 0.15) is 10.4 Å². The quantitative estimate of drug-likeness (QED) is 0.645. The summed E-state index contributed by atoms with van der Waals surface area (Å²) >= 11 is 0. The van der Waals surface area contributed by atoms with E-state index >= 15 is 0 Å². The van der Waals surface area contributed by atoms with Gasteiger partial charge in [-0.15, -0.1) is 10.5 Å². The summed E-state index contributed by atoms with van der Waals surface area (Å²) in [7, 11) is -4.37. The second kappa shape index (κ2) is 6.37. The van der Waals surface area contributed by atoms with E-state index in [2.05, 4.69) is 0 Å². The van der Waals surface area contributed by atoms with Gasteiger partial charge in [-0.25, -0.2) is 8.42 Å². The van der Waals surface area contributed by atoms with Crippen molar-refractivity contribution >= 4 is 30.3 Å². The molecule has 0 saturated heterocycles. The predicted molar refractivity (Wildman–Crippen MR) is 88.8 cm³/mol. The lowest BCUT2D eigenvalue weighted by atomic mass is 10.1. The van der Waals surface area contributed by atoms with Gasteiger partial charge in [-0.05, 0) is 18.4 Å². The molecule has 1 atom stereocenters. The minimum atomic E-state index is -3.58. The molecule has 0 fully saturated rings. The summed E-state index contributed by atoms with van der Waals surface area (Å²) in [4.78, 5) is 13.4. The molecule has 1 unspecified atom stereocenters. The Morgan fingerprint density at radius 1 is 0.905 bits per heavy atom. The SMILES string of the molecule is C/S(=C(\C(=O)c1ccccc1)S(C)(=O)=O)c1ccccc1. The Balaban J connectivity index is 2.64. The molecule has 2 aromatic carbocycles. The monoisotopic (exact) mass is 320 g/mol. The minimum absolute atomic E-state index is 0.0418. The molecule has 0 heterocycles. The number of Topliss-reactive ketones (excluding diaryl/α,β-unsaturated/α-hetero) is 1. The van der Waals surface area contributed by atoms with Crippen molar-refractivity contribution in [3.63, 3.8) is 0 Å². The van der Waals surface area contributed by atoms with Crippen molar-refractivity contribution in [1.82, 2.24) is 0 Å². The molecule has 110 valence electrons. The molecule has 0 aliphatic heterocycles. The average molecular weight is 320 g/mol. The maximum atomic E-state index is 12.6. The highest BCUT2D eigenvalue weighted by atomic mass is 32.2. The molecule has 0 aliphatic rings. The number of hydrogen-bond acceptors (Lipinski definition) is 3. The van der Waals surface area contributed by atoms with Crippen LogP contribution in [0.5, 0.6) is 0 Å². The Hall–Kier alpha value is -1.72. The fourth-order valence-electron chi connectivity index (χ4n) is 1.97. The maximum Gasteiger partial charge on any atom is 0.210 e. The number of hydrogen-bond donors (Lipinski definition) is 0. The standard InChI is InChI=1S/C16H16O3S2/c1-20(14-11-7-4-8-12-14)16(21(2,18)19)15(17)13-9-5-3-6-10-13/h3-12H,1-2H3. The Kier molecular flexibility index (Phi) is 4.75. The first-order valence-electron chi connectivity index (χ1n) is 6.29. The molecule has 0 bridgehead atoms. The van der Waals surface area contributed by atoms with Crippen LogP contribution in [0.15, 0.2) is 65.6 Å². The van der Waals surface area contributed by atoms with E-state index in [0.29, 0.717) is 5.56 Å². The summed E-state index contributed by atoms with van der Waals surface area (Å²) in [6.07, 6.45) is 2.86. The van der Waals surface area contributed by atoms with E-state index in [0.717, 1.165) is 11.2 Å². The van der Waals surface area contributed by atoms with Crippen LogP contribution >= 0.6 is 10.5 Å². The molecule has 2 aromatic rings. The second-order valence-electron chi connectivity index (χ2n) is 4.58. The number of carbonyl (C=O) groups excluding carboxylic acids is 1. The molecule has 21 heavy (non-hydrogen) atoms. The fraction of sp³-hybridized carbons (Fsp3) is 0.125. The lowest BCUT2D eigenvalue weighted by Gasteiger charge is -2.11. The van der Waals surface area contributed by atoms with Crippen molar-refractivity contribution in [3.8, 4) is 0 Å². The summed E-state index contributed by atoms with van der Waals surface area (Å²) in [5.41, 5.74) is 0.396. The predicted octanol–water partition coefficient (Wildman–Crippen LogP) is 3.00. The molecule has 0 aromatic heterocycles. The third-order valence-electron chi connectivity index (χ3n) is 2.93. The van der Waals surface area contributed by atoms with E-state index in [4.69, 9.17) is 0 Å². The molecule has 0 radical (unpaired) electrons. The molecule has 5 heteroatoms. The highest BCUT2D eigenvalue weighted by molar-refractivity contribution is 8.32. The van der Waals surface area contributed by atoms with Crippen molar-refractivity contribution in [2.24, 2.45) is 0 Å². The van der Waals surface area contributed by atoms with E-state index in [1.165, 1.54) is 0 Å². The normalized spacial score (nSPS) is 13.5. The number of sulfone groups is 1. The molecule has 0 N–H and O–H groups in total. The Labute approximate surface area is 127 Å². The van der Waals surface area contributed by atoms with Crippen LogP contribution in [0.3, 0.4) is 0 Å². The van der Waals surface area contributed by atoms with Crippen molar-refractivity contribution in [1.29, 1.82) is 0 Å². The Morgan fingerprint density at radius 2 is 1.38 bits per heavy atom. The highest BCUT2D eigenvalue weighted by Crippen LogP contribution is 2.27. The fourth-order valence-corrected chi connectivity index (χ4v) is 5.71. The van der Waals surface area contributed by atoms with E-state index in [-0.39, 0.29) is 4.20 Å². The van der Waals surface area contributed by atoms with Crippen LogP contribution in [0.2, 0.25) is 0 Å². The summed E-state index contributed by atoms with van der Waals surface area (Å²) in [5.74, 6) is -0.423. The van der Waals surface area contributed by atoms with E-state index in [1.54, 1.807) is 36.6 Å². The molecular weight excluding hydrogens is 304 g/mol. The summed E-state index contributed by atoms with van der Waals surface area (Å²) in [5, 5.41) is 0. The van der Waals surface area contributed by atoms with Crippen LogP contribution in [0.4, 0.5) is 0 Å². The Bertz CT molecular complexity index is 777. The van der Waals surface area contributed by atoms with Gasteiger partial charge in [-0.2, -0.15) is 0 Å². The number of benzene rings is 2. The third-order valence-corrected chi connectivity index (χ3v) is 7.17. The van der Waals surface area contributed by atoms with Crippen molar-refractivity contribution in [2.75, 3.05) is 12.5 Å². The van der Waals surface area contributed by atoms with E-state index in [1.807, 2.05) is 30.3 Å². The van der Waals surface area contributed by atoms with Gasteiger partial charge in [0.15, 0.2) is 9.84 Å². The molecular formula is C16H16O3S2. The molecule has 0 spiro atoms. The first-order chi connectivity index (χ1) is 9.91. The zero-order valence-electron chi connectivity index (χ0n) is 11.8. The van der Waals surface area contributed by atoms with Crippen LogP contribution in [-0.4, -0.2) is 30.9 Å². The Morgan fingerprint density at radius 3 is 1.86 bits per heavy atom. The summed E-state index contributed by atoms with van der Waals surface area (Å²) in [6.45, 7) is 0. The number of carbonyl (C=O) groups is 1. The molecule has 0 saturated carbocycles. The van der Waals surface area contributed by atoms with E-state index in [9.17, 15) is 13.2 Å². The van der Waals surface area contributed by atoms with Gasteiger partial charge in [0.05, 0.1) is 0 Å². The van der Waals surface area contributed by atoms with Crippen molar-refractivity contribution in [3.05, 3.63) is 66.2 Å². The van der Waals surface area contributed by atoms with Crippen LogP contribution < -0.4 is 0 Å². The maximum absolute atomic E-state index is 12.6. The van der Waals surface area contributed by atoms with E-state index < -0.39 is 26.1 Å². The van der Waals surface area contributed by atoms with Gasteiger partial charge in [0.25, 0.3) is 0 Å². The van der Waals surface area contributed by atoms with Crippen LogP contribution in [0, 0.1) is 0 Å². The van der Waals surface area contributed by atoms with Gasteiger partial charge in [-0.3, -0.25) is 4.79 Å². The summed E-state index contributed by atoms with van der Waals surface area (Å²) in [6, 6.07) is 17.7. The number of ketones is 1. The average Bonchev–Trinajstić information content (AvgIpc) is 2.47. The zero-order chi connectivity index (χ0) is 15.5. The first-order valence-corrected chi connectivity index (χ1v) is 9.81. The topological polar surface area (TPSA) is 51.2 Å². The first kappa shape index (κ1) is 15.7. The molecule has 2 rings (SSSR count). The molecule has 3 nitrogen and oxygen atoms in total. The zero-order valence-corrected chi connectivity index (χ0v) is 13.4. The van der Waals surface area contributed by atoms with Crippen LogP contribution in [-0.2, 0) is 9.84 Å². The van der Waals surface area contributed by atoms with Gasteiger partial charge in [0.1, 0.15) is 4.20 Å². The lowest BCUT2D eigenvalue weighted by Crippen LogP contribution is -2.23. The van der Waals surface area contributed by atoms with Gasteiger partial charge >= 0.3 is 0 Å². The van der Waals surface area contributed by atoms with Crippen molar-refractivity contribution < 1.29 is 13.2 Å². The minimum Gasteiger partial charge on any atom is -0.287 e. The van der Waals surface area contributed by atoms with Gasteiger partial charge in [0.2, 0.25) is 5.78 Å². The second-order valence-corrected chi connectivity index (χ2v) is 8.69. The van der Waals surface area contributed by atoms with Gasteiger partial charge in [-0.1, -0.05) is 48.5 Å². The highest BCUT2D eigenvalue weighted by Gasteiger charge is 2.24. The van der Waals surface area contributed by atoms with Gasteiger partial charge in [0, 0.05) is 16.7 Å². The van der Waals surface area contributed by atoms with Gasteiger partial charge < -0.3 is 0 Å². The van der Waals surface area contributed by atoms with Crippen molar-refractivity contribution in [2.45, 2.75) is 4.90 Å². The molecule has 0 aliphatic carbocycles. The summed E-state index contributed by atoms with van der Waals surface area (Å²) < 4.78 is 24.2. The smallest absolute Gasteiger partial charge is 0.210 e. The van der Waals surface area contributed by atoms with Crippen LogP contribution in [0.25, 0.3) is 0 Å². The largest absolute Gasteiger partial charge is 0.287 e.